The minimum Gasteiger partial charge on any atom is -0.375 e. The van der Waals surface area contributed by atoms with E-state index in [1.165, 1.54) is 12.8 Å². The van der Waals surface area contributed by atoms with Crippen molar-refractivity contribution in [2.45, 2.75) is 52.1 Å². The Morgan fingerprint density at radius 2 is 1.82 bits per heavy atom. The maximum absolute atomic E-state index is 11.7. The van der Waals surface area contributed by atoms with Crippen LogP contribution in [0, 0.1) is 5.92 Å². The summed E-state index contributed by atoms with van der Waals surface area (Å²) in [6.07, 6.45) is 4.78. The van der Waals surface area contributed by atoms with Gasteiger partial charge in [-0.3, -0.25) is 0 Å². The zero-order valence-electron chi connectivity index (χ0n) is 11.2. The van der Waals surface area contributed by atoms with E-state index < -0.39 is 10.0 Å². The van der Waals surface area contributed by atoms with Crippen molar-refractivity contribution in [3.8, 4) is 0 Å². The predicted octanol–water partition coefficient (Wildman–Crippen LogP) is 1.91. The molecule has 102 valence electrons. The summed E-state index contributed by atoms with van der Waals surface area (Å²) < 4.78 is 31.5. The first kappa shape index (κ1) is 14.9. The van der Waals surface area contributed by atoms with Crippen molar-refractivity contribution >= 4 is 10.0 Å². The minimum absolute atomic E-state index is 0.0526. The molecular weight excluding hydrogens is 238 g/mol. The molecule has 1 aliphatic rings. The summed E-state index contributed by atoms with van der Waals surface area (Å²) in [4.78, 5) is 0. The molecule has 0 aromatic carbocycles. The van der Waals surface area contributed by atoms with E-state index >= 15 is 0 Å². The SMILES string of the molecule is CC(C)(C)OCCS(=O)(=O)NCC1CCCC1. The molecule has 0 spiro atoms. The highest BCUT2D eigenvalue weighted by molar-refractivity contribution is 7.89. The third kappa shape index (κ3) is 7.01. The van der Waals surface area contributed by atoms with E-state index in [1.807, 2.05) is 20.8 Å². The average molecular weight is 263 g/mol. The van der Waals surface area contributed by atoms with Crippen molar-refractivity contribution in [3.63, 3.8) is 0 Å². The molecule has 0 saturated heterocycles. The van der Waals surface area contributed by atoms with E-state index in [1.54, 1.807) is 0 Å². The monoisotopic (exact) mass is 263 g/mol. The van der Waals surface area contributed by atoms with Gasteiger partial charge in [-0.25, -0.2) is 13.1 Å². The molecule has 0 aromatic rings. The van der Waals surface area contributed by atoms with Gasteiger partial charge in [0.15, 0.2) is 0 Å². The standard InChI is InChI=1S/C12H25NO3S/c1-12(2,3)16-8-9-17(14,15)13-10-11-6-4-5-7-11/h11,13H,4-10H2,1-3H3. The number of nitrogens with one attached hydrogen (secondary N) is 1. The van der Waals surface area contributed by atoms with Gasteiger partial charge in [0.25, 0.3) is 0 Å². The first-order chi connectivity index (χ1) is 7.79. The summed E-state index contributed by atoms with van der Waals surface area (Å²) in [5.74, 6) is 0.588. The highest BCUT2D eigenvalue weighted by Gasteiger charge is 2.19. The van der Waals surface area contributed by atoms with Crippen LogP contribution in [0.2, 0.25) is 0 Å². The Bertz CT molecular complexity index is 313. The lowest BCUT2D eigenvalue weighted by molar-refractivity contribution is 0.00638. The van der Waals surface area contributed by atoms with Gasteiger partial charge in [-0.2, -0.15) is 0 Å². The first-order valence-corrected chi connectivity index (χ1v) is 8.05. The van der Waals surface area contributed by atoms with Gasteiger partial charge >= 0.3 is 0 Å². The molecule has 17 heavy (non-hydrogen) atoms. The summed E-state index contributed by atoms with van der Waals surface area (Å²) in [7, 11) is -3.17. The van der Waals surface area contributed by atoms with Crippen molar-refractivity contribution < 1.29 is 13.2 Å². The lowest BCUT2D eigenvalue weighted by Gasteiger charge is -2.19. The molecule has 1 fully saturated rings. The fourth-order valence-electron chi connectivity index (χ4n) is 1.99. The maximum atomic E-state index is 11.7. The summed E-state index contributed by atoms with van der Waals surface area (Å²) in [6.45, 7) is 6.62. The molecule has 1 aliphatic carbocycles. The Hall–Kier alpha value is -0.130. The third-order valence-electron chi connectivity index (χ3n) is 2.95. The Morgan fingerprint density at radius 1 is 1.24 bits per heavy atom. The van der Waals surface area contributed by atoms with Crippen LogP contribution >= 0.6 is 0 Å². The number of rotatable bonds is 6. The van der Waals surface area contributed by atoms with Crippen molar-refractivity contribution in [2.75, 3.05) is 18.9 Å². The maximum Gasteiger partial charge on any atom is 0.213 e. The summed E-state index contributed by atoms with van der Waals surface area (Å²) in [5.41, 5.74) is -0.277. The lowest BCUT2D eigenvalue weighted by atomic mass is 10.1. The van der Waals surface area contributed by atoms with Crippen molar-refractivity contribution in [1.29, 1.82) is 0 Å². The van der Waals surface area contributed by atoms with Crippen LogP contribution in [0.25, 0.3) is 0 Å². The second-order valence-electron chi connectivity index (χ2n) is 5.78. The van der Waals surface area contributed by atoms with E-state index in [0.717, 1.165) is 12.8 Å². The van der Waals surface area contributed by atoms with Crippen molar-refractivity contribution in [2.24, 2.45) is 5.92 Å². The number of sulfonamides is 1. The van der Waals surface area contributed by atoms with Gasteiger partial charge in [0, 0.05) is 6.54 Å². The van der Waals surface area contributed by atoms with Crippen molar-refractivity contribution in [1.82, 2.24) is 4.72 Å². The second kappa shape index (κ2) is 6.16. The van der Waals surface area contributed by atoms with E-state index in [9.17, 15) is 8.42 Å². The van der Waals surface area contributed by atoms with Gasteiger partial charge in [-0.15, -0.1) is 0 Å². The second-order valence-corrected chi connectivity index (χ2v) is 7.71. The molecule has 0 aromatic heterocycles. The molecule has 0 unspecified atom stereocenters. The van der Waals surface area contributed by atoms with Gasteiger partial charge in [0.2, 0.25) is 10.0 Å². The highest BCUT2D eigenvalue weighted by Crippen LogP contribution is 2.23. The minimum atomic E-state index is -3.17. The van der Waals surface area contributed by atoms with E-state index in [0.29, 0.717) is 12.5 Å². The van der Waals surface area contributed by atoms with Crippen LogP contribution in [0.15, 0.2) is 0 Å². The molecular formula is C12H25NO3S. The molecule has 0 amide bonds. The molecule has 0 aliphatic heterocycles. The van der Waals surface area contributed by atoms with Crippen LogP contribution in [0.3, 0.4) is 0 Å². The van der Waals surface area contributed by atoms with Gasteiger partial charge in [-0.1, -0.05) is 12.8 Å². The summed E-state index contributed by atoms with van der Waals surface area (Å²) in [5, 5.41) is 0. The van der Waals surface area contributed by atoms with Crippen LogP contribution in [0.5, 0.6) is 0 Å². The molecule has 0 radical (unpaired) electrons. The quantitative estimate of drug-likeness (QED) is 0.796. The van der Waals surface area contributed by atoms with Crippen LogP contribution in [-0.4, -0.2) is 32.9 Å². The largest absolute Gasteiger partial charge is 0.375 e. The Kier molecular flexibility index (Phi) is 5.41. The first-order valence-electron chi connectivity index (χ1n) is 6.40. The predicted molar refractivity (Wildman–Crippen MR) is 69.5 cm³/mol. The number of hydrogen-bond acceptors (Lipinski definition) is 3. The molecule has 5 heteroatoms. The Balaban J connectivity index is 2.21. The molecule has 0 heterocycles. The molecule has 1 N–H and O–H groups in total. The highest BCUT2D eigenvalue weighted by atomic mass is 32.2. The van der Waals surface area contributed by atoms with Gasteiger partial charge in [0.05, 0.1) is 18.0 Å². The van der Waals surface area contributed by atoms with E-state index in [2.05, 4.69) is 4.72 Å². The zero-order chi connectivity index (χ0) is 12.9. The smallest absolute Gasteiger partial charge is 0.213 e. The summed E-state index contributed by atoms with van der Waals surface area (Å²) in [6, 6.07) is 0. The fourth-order valence-corrected chi connectivity index (χ4v) is 2.93. The third-order valence-corrected chi connectivity index (χ3v) is 4.26. The molecule has 0 bridgehead atoms. The van der Waals surface area contributed by atoms with Crippen LogP contribution in [0.1, 0.15) is 46.5 Å². The lowest BCUT2D eigenvalue weighted by Crippen LogP contribution is -2.33. The molecule has 4 nitrogen and oxygen atoms in total. The Morgan fingerprint density at radius 3 is 2.35 bits per heavy atom. The number of ether oxygens (including phenoxy) is 1. The molecule has 1 saturated carbocycles. The van der Waals surface area contributed by atoms with Crippen LogP contribution < -0.4 is 4.72 Å². The summed E-state index contributed by atoms with van der Waals surface area (Å²) >= 11 is 0. The fraction of sp³-hybridized carbons (Fsp3) is 1.00. The van der Waals surface area contributed by atoms with E-state index in [-0.39, 0.29) is 18.0 Å². The van der Waals surface area contributed by atoms with Crippen LogP contribution in [-0.2, 0) is 14.8 Å². The normalized spacial score (nSPS) is 18.8. The van der Waals surface area contributed by atoms with E-state index in [4.69, 9.17) is 4.74 Å². The topological polar surface area (TPSA) is 55.4 Å². The van der Waals surface area contributed by atoms with Gasteiger partial charge in [0.1, 0.15) is 0 Å². The average Bonchev–Trinajstić information content (AvgIpc) is 2.64. The number of hydrogen-bond donors (Lipinski definition) is 1. The zero-order valence-corrected chi connectivity index (χ0v) is 12.0. The van der Waals surface area contributed by atoms with Gasteiger partial charge < -0.3 is 4.74 Å². The van der Waals surface area contributed by atoms with Crippen LogP contribution in [0.4, 0.5) is 0 Å². The molecule has 1 rings (SSSR count). The van der Waals surface area contributed by atoms with Gasteiger partial charge in [-0.05, 0) is 39.5 Å². The molecule has 0 atom stereocenters. The van der Waals surface area contributed by atoms with Crippen molar-refractivity contribution in [3.05, 3.63) is 0 Å². The Labute approximate surface area is 105 Å².